The van der Waals surface area contributed by atoms with Crippen molar-refractivity contribution in [3.63, 3.8) is 0 Å². The summed E-state index contributed by atoms with van der Waals surface area (Å²) in [7, 11) is -5.32. The molecule has 0 amide bonds. The van der Waals surface area contributed by atoms with E-state index in [1.807, 2.05) is 27.7 Å². The number of carbonyl (C=O) groups is 1. The normalized spacial score (nSPS) is 20.6. The molecule has 5 nitrogen and oxygen atoms in total. The molecule has 0 aromatic heterocycles. The topological polar surface area (TPSA) is 54.0 Å². The van der Waals surface area contributed by atoms with Crippen LogP contribution >= 0.6 is 0 Å². The van der Waals surface area contributed by atoms with Crippen molar-refractivity contribution in [2.75, 3.05) is 19.8 Å². The van der Waals surface area contributed by atoms with Crippen LogP contribution in [0.25, 0.3) is 0 Å². The van der Waals surface area contributed by atoms with E-state index in [0.717, 1.165) is 0 Å². The molecule has 7 heteroatoms. The number of carbonyl (C=O) groups excluding carboxylic acids is 1. The van der Waals surface area contributed by atoms with Gasteiger partial charge < -0.3 is 17.7 Å². The van der Waals surface area contributed by atoms with Crippen LogP contribution in [0.15, 0.2) is 0 Å². The highest BCUT2D eigenvalue weighted by Gasteiger charge is 2.60. The molecule has 1 atom stereocenters. The monoisotopic (exact) mass is 500 g/mol. The summed E-state index contributed by atoms with van der Waals surface area (Å²) in [5.41, 5.74) is 1.16. The average molecular weight is 501 g/mol. The molecule has 2 aliphatic carbocycles. The van der Waals surface area contributed by atoms with Crippen LogP contribution in [0.5, 0.6) is 0 Å². The van der Waals surface area contributed by atoms with Crippen LogP contribution in [0.1, 0.15) is 113 Å². The maximum Gasteiger partial charge on any atom is 0.501 e. The van der Waals surface area contributed by atoms with E-state index in [2.05, 4.69) is 20.8 Å². The molecule has 194 valence electrons. The van der Waals surface area contributed by atoms with Gasteiger partial charge in [-0.25, -0.2) is 0 Å². The summed E-state index contributed by atoms with van der Waals surface area (Å²) in [6, 6.07) is 0.491. The zero-order valence-corrected chi connectivity index (χ0v) is 24.7. The molecule has 2 saturated carbocycles. The molecule has 0 radical (unpaired) electrons. The molecule has 0 aromatic rings. The third-order valence-corrected chi connectivity index (χ3v) is 17.7. The van der Waals surface area contributed by atoms with Crippen molar-refractivity contribution in [2.45, 2.75) is 135 Å². The van der Waals surface area contributed by atoms with Gasteiger partial charge >= 0.3 is 8.80 Å². The second-order valence-corrected chi connectivity index (χ2v) is 18.8. The molecule has 2 fully saturated rings. The van der Waals surface area contributed by atoms with Crippen LogP contribution in [0.3, 0.4) is 0 Å². The van der Waals surface area contributed by atoms with E-state index < -0.39 is 17.1 Å². The maximum absolute atomic E-state index is 13.8. The van der Waals surface area contributed by atoms with Crippen molar-refractivity contribution in [3.8, 4) is 0 Å². The lowest BCUT2D eigenvalue weighted by atomic mass is 9.99. The summed E-state index contributed by atoms with van der Waals surface area (Å²) in [6.07, 6.45) is 12.7. The first-order valence-corrected chi connectivity index (χ1v) is 17.8. The van der Waals surface area contributed by atoms with Crippen molar-refractivity contribution in [3.05, 3.63) is 0 Å². The fraction of sp³-hybridized carbons (Fsp3) is 0.962. The predicted molar refractivity (Wildman–Crippen MR) is 140 cm³/mol. The number of hydrogen-bond donors (Lipinski definition) is 0. The Morgan fingerprint density at radius 2 is 1.18 bits per heavy atom. The van der Waals surface area contributed by atoms with Gasteiger partial charge in [-0.3, -0.25) is 4.79 Å². The fourth-order valence-corrected chi connectivity index (χ4v) is 16.3. The Kier molecular flexibility index (Phi) is 11.6. The molecule has 0 spiro atoms. The third kappa shape index (κ3) is 7.15. The second kappa shape index (κ2) is 13.2. The summed E-state index contributed by atoms with van der Waals surface area (Å²) in [6.45, 7) is 16.5. The SMILES string of the molecule is CCO[Si](CC(C)C(=O)O[Si](C1CCCCC1)(C1CCCCC1)C(C)(C)C)(OCC)OCC. The van der Waals surface area contributed by atoms with Crippen molar-refractivity contribution in [1.82, 2.24) is 0 Å². The quantitative estimate of drug-likeness (QED) is 0.258. The van der Waals surface area contributed by atoms with E-state index in [9.17, 15) is 4.79 Å². The minimum atomic E-state index is -2.91. The highest BCUT2D eigenvalue weighted by Crippen LogP contribution is 2.59. The molecule has 0 aromatic carbocycles. The summed E-state index contributed by atoms with van der Waals surface area (Å²) in [5, 5.41) is 0.0284. The van der Waals surface area contributed by atoms with Crippen molar-refractivity contribution in [1.29, 1.82) is 0 Å². The van der Waals surface area contributed by atoms with Gasteiger partial charge in [0.15, 0.2) is 0 Å². The first-order valence-electron chi connectivity index (χ1n) is 13.8. The zero-order chi connectivity index (χ0) is 24.5. The van der Waals surface area contributed by atoms with Crippen LogP contribution in [-0.4, -0.2) is 42.9 Å². The standard InChI is InChI=1S/C26H52O5Si2/c1-8-28-32(29-9-2,30-10-3)21-22(4)25(27)31-33(26(5,6)7,23-17-13-11-14-18-23)24-19-15-12-16-20-24/h22-24H,8-21H2,1-7H3. The molecular formula is C26H52O5Si2. The number of rotatable bonds is 12. The second-order valence-electron chi connectivity index (χ2n) is 11.2. The summed E-state index contributed by atoms with van der Waals surface area (Å²) < 4.78 is 25.2. The van der Waals surface area contributed by atoms with Crippen LogP contribution in [-0.2, 0) is 22.5 Å². The van der Waals surface area contributed by atoms with Gasteiger partial charge in [-0.15, -0.1) is 0 Å². The molecule has 0 heterocycles. The van der Waals surface area contributed by atoms with Crippen LogP contribution < -0.4 is 0 Å². The minimum absolute atomic E-state index is 0.0284. The van der Waals surface area contributed by atoms with Gasteiger partial charge in [0.2, 0.25) is 0 Å². The van der Waals surface area contributed by atoms with Crippen molar-refractivity contribution < 1.29 is 22.5 Å². The molecule has 2 rings (SSSR count). The Balaban J connectivity index is 2.34. The van der Waals surface area contributed by atoms with E-state index >= 15 is 0 Å². The Bertz CT molecular complexity index is 545. The first-order chi connectivity index (χ1) is 15.7. The summed E-state index contributed by atoms with van der Waals surface area (Å²) in [4.78, 5) is 13.8. The lowest BCUT2D eigenvalue weighted by Gasteiger charge is -2.53. The van der Waals surface area contributed by atoms with E-state index in [1.54, 1.807) is 0 Å². The van der Waals surface area contributed by atoms with Crippen LogP contribution in [0.2, 0.25) is 22.2 Å². The lowest BCUT2D eigenvalue weighted by molar-refractivity contribution is -0.140. The lowest BCUT2D eigenvalue weighted by Crippen LogP contribution is -2.58. The van der Waals surface area contributed by atoms with E-state index in [0.29, 0.717) is 36.9 Å². The smallest absolute Gasteiger partial charge is 0.501 e. The highest BCUT2D eigenvalue weighted by atomic mass is 28.4. The van der Waals surface area contributed by atoms with Crippen LogP contribution in [0.4, 0.5) is 0 Å². The fourth-order valence-electron chi connectivity index (χ4n) is 6.63. The van der Waals surface area contributed by atoms with E-state index in [1.165, 1.54) is 64.2 Å². The molecule has 2 aliphatic rings. The predicted octanol–water partition coefficient (Wildman–Crippen LogP) is 7.63. The molecule has 1 unspecified atom stereocenters. The third-order valence-electron chi connectivity index (χ3n) is 7.92. The highest BCUT2D eigenvalue weighted by molar-refractivity contribution is 6.80. The molecular weight excluding hydrogens is 448 g/mol. The van der Waals surface area contributed by atoms with Gasteiger partial charge in [-0.2, -0.15) is 0 Å². The Morgan fingerprint density at radius 3 is 1.52 bits per heavy atom. The van der Waals surface area contributed by atoms with E-state index in [4.69, 9.17) is 17.7 Å². The maximum atomic E-state index is 13.8. The minimum Gasteiger partial charge on any atom is -0.518 e. The Labute approximate surface area is 206 Å². The average Bonchev–Trinajstić information content (AvgIpc) is 2.78. The van der Waals surface area contributed by atoms with Crippen molar-refractivity contribution in [2.24, 2.45) is 5.92 Å². The molecule has 0 aliphatic heterocycles. The van der Waals surface area contributed by atoms with Gasteiger partial charge in [0.1, 0.15) is 0 Å². The largest absolute Gasteiger partial charge is 0.518 e. The summed E-state index contributed by atoms with van der Waals surface area (Å²) >= 11 is 0. The molecule has 0 saturated heterocycles. The first kappa shape index (κ1) is 29.0. The van der Waals surface area contributed by atoms with Gasteiger partial charge in [-0.1, -0.05) is 66.2 Å². The molecule has 0 N–H and O–H groups in total. The van der Waals surface area contributed by atoms with Crippen LogP contribution in [0, 0.1) is 5.92 Å². The van der Waals surface area contributed by atoms with Gasteiger partial charge in [0.05, 0.1) is 5.92 Å². The molecule has 0 bridgehead atoms. The molecule has 33 heavy (non-hydrogen) atoms. The summed E-state index contributed by atoms with van der Waals surface area (Å²) in [5.74, 6) is -0.327. The van der Waals surface area contributed by atoms with E-state index in [-0.39, 0.29) is 16.9 Å². The van der Waals surface area contributed by atoms with Gasteiger partial charge in [0.25, 0.3) is 14.3 Å². The Morgan fingerprint density at radius 1 is 0.788 bits per heavy atom. The zero-order valence-electron chi connectivity index (χ0n) is 22.7. The Hall–Kier alpha value is -0.216. The van der Waals surface area contributed by atoms with Gasteiger partial charge in [0, 0.05) is 25.9 Å². The number of hydrogen-bond acceptors (Lipinski definition) is 5. The van der Waals surface area contributed by atoms with Gasteiger partial charge in [-0.05, 0) is 62.6 Å². The van der Waals surface area contributed by atoms with Crippen molar-refractivity contribution >= 4 is 23.1 Å².